The van der Waals surface area contributed by atoms with Crippen molar-refractivity contribution in [2.75, 3.05) is 38.2 Å². The van der Waals surface area contributed by atoms with Gasteiger partial charge in [-0.2, -0.15) is 0 Å². The van der Waals surface area contributed by atoms with Crippen molar-refractivity contribution in [1.29, 1.82) is 0 Å². The molecular formula is C18H23N3O3. The van der Waals surface area contributed by atoms with Gasteiger partial charge in [0.1, 0.15) is 6.10 Å². The number of nitrogens with zero attached hydrogens (tertiary/aromatic N) is 2. The van der Waals surface area contributed by atoms with Gasteiger partial charge >= 0.3 is 6.09 Å². The fraction of sp³-hybridized carbons (Fsp3) is 0.389. The first-order chi connectivity index (χ1) is 11.7. The maximum atomic E-state index is 12.3. The number of anilines is 1. The highest BCUT2D eigenvalue weighted by Gasteiger charge is 2.50. The molecule has 1 heterocycles. The van der Waals surface area contributed by atoms with Gasteiger partial charge in [0.2, 0.25) is 0 Å². The standard InChI is InChI=1S/C18H23N3O3/c1-24-16-9-5-6-10-18(16,20-13-11-19-12-14-20)21(17(22)23)15-7-3-2-4-8-15/h2-10,16,19H,11-14H2,1H3,(H,22,23). The molecule has 2 atom stereocenters. The summed E-state index contributed by atoms with van der Waals surface area (Å²) in [6.07, 6.45) is 6.27. The van der Waals surface area contributed by atoms with Crippen LogP contribution in [0.5, 0.6) is 0 Å². The minimum atomic E-state index is -0.998. The van der Waals surface area contributed by atoms with E-state index in [0.29, 0.717) is 5.69 Å². The third-order valence-electron chi connectivity index (χ3n) is 4.60. The van der Waals surface area contributed by atoms with Gasteiger partial charge in [0.15, 0.2) is 5.66 Å². The van der Waals surface area contributed by atoms with E-state index in [-0.39, 0.29) is 0 Å². The van der Waals surface area contributed by atoms with Crippen molar-refractivity contribution in [3.8, 4) is 0 Å². The smallest absolute Gasteiger partial charge is 0.413 e. The second-order valence-electron chi connectivity index (χ2n) is 5.87. The van der Waals surface area contributed by atoms with Gasteiger partial charge < -0.3 is 15.2 Å². The molecule has 0 aromatic heterocycles. The van der Waals surface area contributed by atoms with Crippen molar-refractivity contribution in [2.24, 2.45) is 0 Å². The number of para-hydroxylation sites is 1. The largest absolute Gasteiger partial charge is 0.465 e. The molecule has 128 valence electrons. The van der Waals surface area contributed by atoms with Crippen molar-refractivity contribution in [2.45, 2.75) is 11.8 Å². The molecule has 1 aromatic carbocycles. The van der Waals surface area contributed by atoms with Crippen molar-refractivity contribution < 1.29 is 14.6 Å². The summed E-state index contributed by atoms with van der Waals surface area (Å²) in [6, 6.07) is 9.21. The lowest BCUT2D eigenvalue weighted by molar-refractivity contribution is -0.00967. The van der Waals surface area contributed by atoms with Crippen LogP contribution in [-0.2, 0) is 4.74 Å². The van der Waals surface area contributed by atoms with Crippen molar-refractivity contribution in [3.05, 3.63) is 54.6 Å². The van der Waals surface area contributed by atoms with Gasteiger partial charge in [0.25, 0.3) is 0 Å². The van der Waals surface area contributed by atoms with E-state index >= 15 is 0 Å². The van der Waals surface area contributed by atoms with Gasteiger partial charge in [0, 0.05) is 39.0 Å². The van der Waals surface area contributed by atoms with Crippen molar-refractivity contribution >= 4 is 11.8 Å². The zero-order valence-corrected chi connectivity index (χ0v) is 13.8. The van der Waals surface area contributed by atoms with Crippen LogP contribution in [0.2, 0.25) is 0 Å². The first-order valence-corrected chi connectivity index (χ1v) is 8.13. The van der Waals surface area contributed by atoms with Crippen LogP contribution >= 0.6 is 0 Å². The van der Waals surface area contributed by atoms with Gasteiger partial charge in [-0.15, -0.1) is 0 Å². The molecule has 0 spiro atoms. The zero-order valence-electron chi connectivity index (χ0n) is 13.8. The van der Waals surface area contributed by atoms with E-state index in [2.05, 4.69) is 10.2 Å². The predicted octanol–water partition coefficient (Wildman–Crippen LogP) is 1.91. The molecule has 24 heavy (non-hydrogen) atoms. The second-order valence-corrected chi connectivity index (χ2v) is 5.87. The van der Waals surface area contributed by atoms with E-state index in [1.165, 1.54) is 4.90 Å². The third kappa shape index (κ3) is 2.84. The monoisotopic (exact) mass is 329 g/mol. The van der Waals surface area contributed by atoms with E-state index in [1.807, 2.05) is 54.6 Å². The van der Waals surface area contributed by atoms with Crippen LogP contribution < -0.4 is 10.2 Å². The molecule has 3 rings (SSSR count). The lowest BCUT2D eigenvalue weighted by atomic mass is 9.92. The van der Waals surface area contributed by atoms with Crippen molar-refractivity contribution in [1.82, 2.24) is 10.2 Å². The number of carbonyl (C=O) groups is 1. The van der Waals surface area contributed by atoms with E-state index in [4.69, 9.17) is 4.74 Å². The number of ether oxygens (including phenoxy) is 1. The first-order valence-electron chi connectivity index (χ1n) is 8.13. The Bertz CT molecular complexity index is 626. The van der Waals surface area contributed by atoms with E-state index < -0.39 is 17.9 Å². The summed E-state index contributed by atoms with van der Waals surface area (Å²) in [5.41, 5.74) is -0.274. The molecule has 0 radical (unpaired) electrons. The quantitative estimate of drug-likeness (QED) is 0.883. The SMILES string of the molecule is COC1C=CC=CC1(N1CCNCC1)N(C(=O)O)c1ccccc1. The van der Waals surface area contributed by atoms with Gasteiger partial charge in [-0.3, -0.25) is 9.80 Å². The summed E-state index contributed by atoms with van der Waals surface area (Å²) >= 11 is 0. The number of rotatable bonds is 4. The number of methoxy groups -OCH3 is 1. The predicted molar refractivity (Wildman–Crippen MR) is 93.2 cm³/mol. The van der Waals surface area contributed by atoms with Gasteiger partial charge in [-0.25, -0.2) is 4.79 Å². The molecule has 6 nitrogen and oxygen atoms in total. The maximum Gasteiger partial charge on any atom is 0.413 e. The Kier molecular flexibility index (Phi) is 4.99. The number of allylic oxidation sites excluding steroid dienone is 2. The number of piperazine rings is 1. The Morgan fingerprint density at radius 1 is 1.29 bits per heavy atom. The highest BCUT2D eigenvalue weighted by Crippen LogP contribution is 2.36. The van der Waals surface area contributed by atoms with Crippen LogP contribution in [0.15, 0.2) is 54.6 Å². The molecular weight excluding hydrogens is 306 g/mol. The minimum absolute atomic E-state index is 0.392. The fourth-order valence-electron chi connectivity index (χ4n) is 3.55. The summed E-state index contributed by atoms with van der Waals surface area (Å²) in [6.45, 7) is 3.12. The molecule has 1 aliphatic carbocycles. The average molecular weight is 329 g/mol. The lowest BCUT2D eigenvalue weighted by Crippen LogP contribution is -2.70. The molecule has 1 aliphatic heterocycles. The highest BCUT2D eigenvalue weighted by molar-refractivity contribution is 5.88. The van der Waals surface area contributed by atoms with Crippen LogP contribution in [0.4, 0.5) is 10.5 Å². The number of nitrogens with one attached hydrogen (secondary N) is 1. The molecule has 2 N–H and O–H groups in total. The minimum Gasteiger partial charge on any atom is -0.465 e. The average Bonchev–Trinajstić information content (AvgIpc) is 2.63. The molecule has 0 bridgehead atoms. The van der Waals surface area contributed by atoms with Crippen LogP contribution in [-0.4, -0.2) is 61.2 Å². The van der Waals surface area contributed by atoms with Crippen LogP contribution in [0.3, 0.4) is 0 Å². The molecule has 2 aliphatic rings. The lowest BCUT2D eigenvalue weighted by Gasteiger charge is -2.52. The molecule has 6 heteroatoms. The summed E-state index contributed by atoms with van der Waals surface area (Å²) in [5, 5.41) is 13.4. The molecule has 0 saturated carbocycles. The number of carboxylic acid groups (broad SMARTS) is 1. The van der Waals surface area contributed by atoms with Crippen LogP contribution in [0.25, 0.3) is 0 Å². The van der Waals surface area contributed by atoms with Crippen LogP contribution in [0.1, 0.15) is 0 Å². The molecule has 1 amide bonds. The number of hydrogen-bond donors (Lipinski definition) is 2. The van der Waals surface area contributed by atoms with Gasteiger partial charge in [0.05, 0.1) is 0 Å². The Labute approximate surface area is 142 Å². The number of benzene rings is 1. The summed E-state index contributed by atoms with van der Waals surface area (Å²) in [5.74, 6) is 0. The fourth-order valence-corrected chi connectivity index (χ4v) is 3.55. The number of hydrogen-bond acceptors (Lipinski definition) is 4. The Hall–Kier alpha value is -2.15. The molecule has 2 unspecified atom stereocenters. The Balaban J connectivity index is 2.13. The Morgan fingerprint density at radius 2 is 2.00 bits per heavy atom. The van der Waals surface area contributed by atoms with E-state index in [0.717, 1.165) is 26.2 Å². The summed E-state index contributed by atoms with van der Waals surface area (Å²) in [7, 11) is 1.62. The normalized spacial score (nSPS) is 27.1. The summed E-state index contributed by atoms with van der Waals surface area (Å²) in [4.78, 5) is 15.9. The first kappa shape index (κ1) is 16.7. The third-order valence-corrected chi connectivity index (χ3v) is 4.60. The highest BCUT2D eigenvalue weighted by atomic mass is 16.5. The zero-order chi connectivity index (χ0) is 17.0. The van der Waals surface area contributed by atoms with Crippen molar-refractivity contribution in [3.63, 3.8) is 0 Å². The van der Waals surface area contributed by atoms with E-state index in [9.17, 15) is 9.90 Å². The molecule has 1 fully saturated rings. The maximum absolute atomic E-state index is 12.3. The second kappa shape index (κ2) is 7.17. The van der Waals surface area contributed by atoms with Crippen LogP contribution in [0, 0.1) is 0 Å². The van der Waals surface area contributed by atoms with Gasteiger partial charge in [-0.05, 0) is 18.2 Å². The van der Waals surface area contributed by atoms with E-state index in [1.54, 1.807) is 7.11 Å². The number of amides is 1. The summed E-state index contributed by atoms with van der Waals surface area (Å²) < 4.78 is 5.71. The topological polar surface area (TPSA) is 65.0 Å². The van der Waals surface area contributed by atoms with Gasteiger partial charge in [-0.1, -0.05) is 36.4 Å². The molecule has 1 saturated heterocycles. The molecule has 1 aromatic rings. The Morgan fingerprint density at radius 3 is 2.62 bits per heavy atom.